The molecule has 0 spiro atoms. The molecule has 0 aromatic heterocycles. The zero-order valence-corrected chi connectivity index (χ0v) is 18.7. The molecule has 5 atom stereocenters. The topological polar surface area (TPSA) is 63.2 Å². The van der Waals surface area contributed by atoms with Crippen molar-refractivity contribution in [3.63, 3.8) is 0 Å². The van der Waals surface area contributed by atoms with Gasteiger partial charge in [-0.25, -0.2) is 0 Å². The van der Waals surface area contributed by atoms with Gasteiger partial charge in [-0.3, -0.25) is 9.08 Å². The van der Waals surface area contributed by atoms with Gasteiger partial charge in [0.2, 0.25) is 0 Å². The summed E-state index contributed by atoms with van der Waals surface area (Å²) in [5.41, 5.74) is 0.895. The van der Waals surface area contributed by atoms with Crippen LogP contribution in [0.4, 0.5) is 0 Å². The molecule has 3 rings (SSSR count). The summed E-state index contributed by atoms with van der Waals surface area (Å²) < 4.78 is 29.6. The van der Waals surface area contributed by atoms with E-state index in [2.05, 4.69) is 6.92 Å². The van der Waals surface area contributed by atoms with Gasteiger partial charge < -0.3 is 18.9 Å². The number of Topliss-reactive ketones (excluding diaryl/α,β-unsaturated/α-hetero) is 1. The molecule has 2 saturated heterocycles. The number of ether oxygens (including phenoxy) is 4. The van der Waals surface area contributed by atoms with Gasteiger partial charge in [-0.1, -0.05) is 43.5 Å². The summed E-state index contributed by atoms with van der Waals surface area (Å²) in [4.78, 5) is 12.6. The zero-order valence-electron chi connectivity index (χ0n) is 17.2. The summed E-state index contributed by atoms with van der Waals surface area (Å²) >= 11 is 11.9. The van der Waals surface area contributed by atoms with Crippen LogP contribution in [-0.4, -0.2) is 41.8 Å². The highest BCUT2D eigenvalue weighted by molar-refractivity contribution is 6.30. The Morgan fingerprint density at radius 3 is 2.69 bits per heavy atom. The van der Waals surface area contributed by atoms with Crippen molar-refractivity contribution in [3.8, 4) is 0 Å². The number of carbonyl (C=O) groups is 1. The maximum Gasteiger partial charge on any atom is 0.261 e. The lowest BCUT2D eigenvalue weighted by molar-refractivity contribution is -0.262. The third-order valence-electron chi connectivity index (χ3n) is 5.26. The molecule has 0 amide bonds. The molecular formula is C21H28Cl2O6. The molecule has 0 N–H and O–H groups in total. The Labute approximate surface area is 181 Å². The molecule has 2 fully saturated rings. The second kappa shape index (κ2) is 9.18. The van der Waals surface area contributed by atoms with Crippen LogP contribution in [-0.2, 0) is 34.6 Å². The van der Waals surface area contributed by atoms with Crippen LogP contribution in [0.5, 0.6) is 0 Å². The summed E-state index contributed by atoms with van der Waals surface area (Å²) in [5.74, 6) is -2.82. The minimum Gasteiger partial charge on any atom is -0.368 e. The Kier molecular flexibility index (Phi) is 7.27. The van der Waals surface area contributed by atoms with E-state index in [1.807, 2.05) is 18.2 Å². The second-order valence-electron chi connectivity index (χ2n) is 8.02. The Morgan fingerprint density at radius 1 is 1.31 bits per heavy atom. The molecule has 0 saturated carbocycles. The number of hydrogen-bond acceptors (Lipinski definition) is 6. The number of unbranched alkanes of at least 4 members (excludes halogenated alkanes) is 1. The molecule has 2 aliphatic heterocycles. The molecule has 0 radical (unpaired) electrons. The second-order valence-corrected chi connectivity index (χ2v) is 8.64. The summed E-state index contributed by atoms with van der Waals surface area (Å²) in [6.07, 6.45) is 0.0742. The molecule has 2 aliphatic rings. The summed E-state index contributed by atoms with van der Waals surface area (Å²) in [6, 6.07) is 7.39. The normalized spacial score (nSPS) is 31.6. The van der Waals surface area contributed by atoms with Crippen molar-refractivity contribution in [2.24, 2.45) is 0 Å². The SMILES string of the molecule is CCCC[C@H](OCl)[C@H]1O[C@]2(C(C)=O)OC(C)(C)O[C@@H]2[C@H]1OCc1cccc(Cl)c1. The van der Waals surface area contributed by atoms with Crippen molar-refractivity contribution >= 4 is 29.3 Å². The number of carbonyl (C=O) groups excluding carboxylic acids is 1. The van der Waals surface area contributed by atoms with E-state index in [0.29, 0.717) is 11.4 Å². The van der Waals surface area contributed by atoms with Gasteiger partial charge in [0.1, 0.15) is 18.3 Å². The van der Waals surface area contributed by atoms with E-state index >= 15 is 0 Å². The van der Waals surface area contributed by atoms with Gasteiger partial charge in [0, 0.05) is 11.9 Å². The van der Waals surface area contributed by atoms with Crippen molar-refractivity contribution < 1.29 is 28.0 Å². The first-order valence-electron chi connectivity index (χ1n) is 9.92. The average Bonchev–Trinajstić information content (AvgIpc) is 3.09. The number of rotatable bonds is 9. The van der Waals surface area contributed by atoms with Crippen LogP contribution in [0, 0.1) is 0 Å². The van der Waals surface area contributed by atoms with Gasteiger partial charge >= 0.3 is 0 Å². The smallest absolute Gasteiger partial charge is 0.261 e. The fourth-order valence-electron chi connectivity index (χ4n) is 3.96. The molecule has 1 aromatic carbocycles. The highest BCUT2D eigenvalue weighted by Crippen LogP contribution is 2.48. The fraction of sp³-hybridized carbons (Fsp3) is 0.667. The van der Waals surface area contributed by atoms with Gasteiger partial charge in [-0.2, -0.15) is 0 Å². The lowest BCUT2D eigenvalue weighted by Gasteiger charge is -2.30. The molecule has 0 bridgehead atoms. The van der Waals surface area contributed by atoms with Crippen molar-refractivity contribution in [1.29, 1.82) is 0 Å². The molecule has 0 aliphatic carbocycles. The van der Waals surface area contributed by atoms with Crippen LogP contribution in [0.15, 0.2) is 24.3 Å². The van der Waals surface area contributed by atoms with E-state index in [-0.39, 0.29) is 12.4 Å². The van der Waals surface area contributed by atoms with Gasteiger partial charge in [-0.15, -0.1) is 0 Å². The predicted octanol–water partition coefficient (Wildman–Crippen LogP) is 4.79. The molecule has 6 nitrogen and oxygen atoms in total. The van der Waals surface area contributed by atoms with E-state index in [0.717, 1.165) is 18.4 Å². The standard InChI is InChI=1S/C21H28Cl2O6/c1-5-6-10-16(28-23)17-18(25-12-14-8-7-9-15(22)11-14)19-21(26-17,13(2)24)29-20(3,4)27-19/h7-9,11,16-19H,5-6,10,12H2,1-4H3/t16-,17+,18-,19+,21+/m0/s1. The Bertz CT molecular complexity index is 727. The lowest BCUT2D eigenvalue weighted by atomic mass is 9.97. The number of fused-ring (bicyclic) bond motifs is 1. The third-order valence-corrected chi connectivity index (χ3v) is 5.73. The van der Waals surface area contributed by atoms with Crippen LogP contribution in [0.2, 0.25) is 5.02 Å². The molecule has 0 unspecified atom stereocenters. The summed E-state index contributed by atoms with van der Waals surface area (Å²) in [5, 5.41) is 0.620. The lowest BCUT2D eigenvalue weighted by Crippen LogP contribution is -2.47. The van der Waals surface area contributed by atoms with Crippen molar-refractivity contribution in [1.82, 2.24) is 0 Å². The number of halogens is 2. The van der Waals surface area contributed by atoms with Crippen LogP contribution in [0.1, 0.15) is 52.5 Å². The molecule has 1 aromatic rings. The first-order chi connectivity index (χ1) is 13.7. The minimum atomic E-state index is -1.55. The van der Waals surface area contributed by atoms with Crippen LogP contribution < -0.4 is 0 Å². The van der Waals surface area contributed by atoms with Gasteiger partial charge in [0.25, 0.3) is 5.79 Å². The maximum atomic E-state index is 12.6. The van der Waals surface area contributed by atoms with Gasteiger partial charge in [-0.05, 0) is 38.0 Å². The van der Waals surface area contributed by atoms with Crippen LogP contribution >= 0.6 is 23.5 Å². The number of hydrogen-bond donors (Lipinski definition) is 0. The first kappa shape index (κ1) is 22.9. The summed E-state index contributed by atoms with van der Waals surface area (Å²) in [7, 11) is 0. The fourth-order valence-corrected chi connectivity index (χ4v) is 4.36. The van der Waals surface area contributed by atoms with Crippen molar-refractivity contribution in [2.45, 2.75) is 89.6 Å². The highest BCUT2D eigenvalue weighted by atomic mass is 35.5. The predicted molar refractivity (Wildman–Crippen MR) is 109 cm³/mol. The van der Waals surface area contributed by atoms with Crippen LogP contribution in [0.3, 0.4) is 0 Å². The monoisotopic (exact) mass is 446 g/mol. The van der Waals surface area contributed by atoms with Crippen molar-refractivity contribution in [2.75, 3.05) is 0 Å². The van der Waals surface area contributed by atoms with E-state index < -0.39 is 36.0 Å². The maximum absolute atomic E-state index is 12.6. The quantitative estimate of drug-likeness (QED) is 0.543. The van der Waals surface area contributed by atoms with E-state index in [1.165, 1.54) is 6.92 Å². The first-order valence-corrected chi connectivity index (χ1v) is 10.6. The Balaban J connectivity index is 1.88. The number of ketones is 1. The minimum absolute atomic E-state index is 0.266. The van der Waals surface area contributed by atoms with E-state index in [1.54, 1.807) is 19.9 Å². The van der Waals surface area contributed by atoms with E-state index in [4.69, 9.17) is 46.7 Å². The van der Waals surface area contributed by atoms with Gasteiger partial charge in [0.15, 0.2) is 17.7 Å². The van der Waals surface area contributed by atoms with Gasteiger partial charge in [0.05, 0.1) is 18.5 Å². The number of benzene rings is 1. The molecular weight excluding hydrogens is 419 g/mol. The molecule has 8 heteroatoms. The average molecular weight is 447 g/mol. The molecule has 2 heterocycles. The highest BCUT2D eigenvalue weighted by Gasteiger charge is 2.69. The van der Waals surface area contributed by atoms with E-state index in [9.17, 15) is 4.79 Å². The zero-order chi connectivity index (χ0) is 21.2. The Hall–Kier alpha value is -0.730. The molecule has 29 heavy (non-hydrogen) atoms. The van der Waals surface area contributed by atoms with Crippen LogP contribution in [0.25, 0.3) is 0 Å². The Morgan fingerprint density at radius 2 is 2.07 bits per heavy atom. The molecule has 162 valence electrons. The largest absolute Gasteiger partial charge is 0.368 e. The van der Waals surface area contributed by atoms with Crippen molar-refractivity contribution in [3.05, 3.63) is 34.9 Å². The third kappa shape index (κ3) is 4.79. The summed E-state index contributed by atoms with van der Waals surface area (Å²) in [6.45, 7) is 7.26.